The van der Waals surface area contributed by atoms with Gasteiger partial charge in [0.1, 0.15) is 5.82 Å². The SMILES string of the molecule is CCOc1cc(CN(C)CC2CCN(CCc3cccc(F)c3)CC2)ccc1OC. The number of hydrogen-bond acceptors (Lipinski definition) is 4. The molecule has 2 aromatic carbocycles. The van der Waals surface area contributed by atoms with E-state index >= 15 is 0 Å². The summed E-state index contributed by atoms with van der Waals surface area (Å²) in [5.74, 6) is 2.19. The van der Waals surface area contributed by atoms with Gasteiger partial charge >= 0.3 is 0 Å². The Kier molecular flexibility index (Phi) is 8.52. The fourth-order valence-electron chi connectivity index (χ4n) is 4.28. The van der Waals surface area contributed by atoms with Crippen LogP contribution in [0.1, 0.15) is 30.9 Å². The average Bonchev–Trinajstić information content (AvgIpc) is 2.74. The normalized spacial score (nSPS) is 15.5. The minimum absolute atomic E-state index is 0.139. The zero-order valence-electron chi connectivity index (χ0n) is 18.6. The van der Waals surface area contributed by atoms with Gasteiger partial charge in [0.05, 0.1) is 13.7 Å². The highest BCUT2D eigenvalue weighted by molar-refractivity contribution is 5.42. The van der Waals surface area contributed by atoms with Gasteiger partial charge in [-0.15, -0.1) is 0 Å². The van der Waals surface area contributed by atoms with Crippen molar-refractivity contribution in [1.29, 1.82) is 0 Å². The Balaban J connectivity index is 1.41. The molecule has 1 aliphatic heterocycles. The van der Waals surface area contributed by atoms with E-state index in [0.29, 0.717) is 6.61 Å². The molecule has 0 N–H and O–H groups in total. The quantitative estimate of drug-likeness (QED) is 0.566. The average molecular weight is 415 g/mol. The molecule has 0 radical (unpaired) electrons. The van der Waals surface area contributed by atoms with Crippen molar-refractivity contribution in [3.8, 4) is 11.5 Å². The Morgan fingerprint density at radius 1 is 1.07 bits per heavy atom. The molecule has 30 heavy (non-hydrogen) atoms. The summed E-state index contributed by atoms with van der Waals surface area (Å²) >= 11 is 0. The van der Waals surface area contributed by atoms with E-state index in [1.165, 1.54) is 24.5 Å². The zero-order chi connectivity index (χ0) is 21.3. The third-order valence-corrected chi connectivity index (χ3v) is 5.86. The molecular formula is C25H35FN2O2. The van der Waals surface area contributed by atoms with Gasteiger partial charge in [-0.3, -0.25) is 0 Å². The number of halogens is 1. The number of piperidine rings is 1. The lowest BCUT2D eigenvalue weighted by molar-refractivity contribution is 0.153. The van der Waals surface area contributed by atoms with Gasteiger partial charge in [0, 0.05) is 19.6 Å². The van der Waals surface area contributed by atoms with Crippen molar-refractivity contribution < 1.29 is 13.9 Å². The third-order valence-electron chi connectivity index (χ3n) is 5.86. The summed E-state index contributed by atoms with van der Waals surface area (Å²) in [7, 11) is 3.87. The smallest absolute Gasteiger partial charge is 0.161 e. The third kappa shape index (κ3) is 6.71. The van der Waals surface area contributed by atoms with Gasteiger partial charge in [-0.1, -0.05) is 18.2 Å². The number of hydrogen-bond donors (Lipinski definition) is 0. The molecule has 5 heteroatoms. The van der Waals surface area contributed by atoms with Gasteiger partial charge < -0.3 is 19.3 Å². The summed E-state index contributed by atoms with van der Waals surface area (Å²) < 4.78 is 24.4. The van der Waals surface area contributed by atoms with E-state index in [0.717, 1.165) is 62.1 Å². The lowest BCUT2D eigenvalue weighted by Crippen LogP contribution is -2.38. The van der Waals surface area contributed by atoms with Crippen LogP contribution in [0.4, 0.5) is 4.39 Å². The fraction of sp³-hybridized carbons (Fsp3) is 0.520. The predicted octanol–water partition coefficient (Wildman–Crippen LogP) is 4.62. The van der Waals surface area contributed by atoms with E-state index in [1.54, 1.807) is 19.2 Å². The molecule has 1 heterocycles. The number of methoxy groups -OCH3 is 1. The lowest BCUT2D eigenvalue weighted by atomic mass is 9.95. The molecule has 164 valence electrons. The van der Waals surface area contributed by atoms with Crippen LogP contribution in [0.25, 0.3) is 0 Å². The molecule has 0 amide bonds. The highest BCUT2D eigenvalue weighted by Crippen LogP contribution is 2.28. The first-order valence-electron chi connectivity index (χ1n) is 11.0. The van der Waals surface area contributed by atoms with Crippen LogP contribution in [-0.2, 0) is 13.0 Å². The lowest BCUT2D eigenvalue weighted by Gasteiger charge is -2.34. The summed E-state index contributed by atoms with van der Waals surface area (Å²) in [5, 5.41) is 0. The summed E-state index contributed by atoms with van der Waals surface area (Å²) in [6, 6.07) is 13.2. The van der Waals surface area contributed by atoms with Gasteiger partial charge in [0.25, 0.3) is 0 Å². The van der Waals surface area contributed by atoms with Crippen LogP contribution in [0.5, 0.6) is 11.5 Å². The highest BCUT2D eigenvalue weighted by atomic mass is 19.1. The van der Waals surface area contributed by atoms with Crippen molar-refractivity contribution in [2.75, 3.05) is 46.9 Å². The van der Waals surface area contributed by atoms with E-state index in [9.17, 15) is 4.39 Å². The molecular weight excluding hydrogens is 379 g/mol. The Hall–Kier alpha value is -2.11. The maximum atomic E-state index is 13.3. The standard InChI is InChI=1S/C25H35FN2O2/c1-4-30-25-17-22(8-9-24(25)29-3)19-27(2)18-21-11-14-28(15-12-21)13-10-20-6-5-7-23(26)16-20/h5-9,16-17,21H,4,10-15,18-19H2,1-3H3. The molecule has 0 aromatic heterocycles. The Morgan fingerprint density at radius 2 is 1.87 bits per heavy atom. The number of rotatable bonds is 10. The number of ether oxygens (including phenoxy) is 2. The first-order chi connectivity index (χ1) is 14.6. The van der Waals surface area contributed by atoms with Crippen molar-refractivity contribution in [2.24, 2.45) is 5.92 Å². The zero-order valence-corrected chi connectivity index (χ0v) is 18.6. The van der Waals surface area contributed by atoms with Gasteiger partial charge in [-0.2, -0.15) is 0 Å². The summed E-state index contributed by atoms with van der Waals surface area (Å²) in [5.41, 5.74) is 2.33. The van der Waals surface area contributed by atoms with Gasteiger partial charge in [-0.05, 0) is 87.6 Å². The molecule has 0 spiro atoms. The monoisotopic (exact) mass is 414 g/mol. The Bertz CT molecular complexity index is 790. The van der Waals surface area contributed by atoms with E-state index < -0.39 is 0 Å². The largest absolute Gasteiger partial charge is 0.493 e. The molecule has 2 aromatic rings. The van der Waals surface area contributed by atoms with Gasteiger partial charge in [0.15, 0.2) is 11.5 Å². The van der Waals surface area contributed by atoms with E-state index in [4.69, 9.17) is 9.47 Å². The topological polar surface area (TPSA) is 24.9 Å². The van der Waals surface area contributed by atoms with Crippen LogP contribution in [-0.4, -0.2) is 56.7 Å². The van der Waals surface area contributed by atoms with E-state index in [2.05, 4.69) is 29.0 Å². The molecule has 0 atom stereocenters. The van der Waals surface area contributed by atoms with Crippen molar-refractivity contribution in [2.45, 2.75) is 32.7 Å². The van der Waals surface area contributed by atoms with Crippen LogP contribution < -0.4 is 9.47 Å². The first-order valence-corrected chi connectivity index (χ1v) is 11.0. The second-order valence-electron chi connectivity index (χ2n) is 8.28. The van der Waals surface area contributed by atoms with Crippen LogP contribution in [0, 0.1) is 11.7 Å². The molecule has 4 nitrogen and oxygen atoms in total. The van der Waals surface area contributed by atoms with E-state index in [-0.39, 0.29) is 5.82 Å². The molecule has 3 rings (SSSR count). The molecule has 0 unspecified atom stereocenters. The first kappa shape index (κ1) is 22.6. The molecule has 1 saturated heterocycles. The number of benzene rings is 2. The summed E-state index contributed by atoms with van der Waals surface area (Å²) in [6.07, 6.45) is 3.36. The molecule has 1 aliphatic rings. The van der Waals surface area contributed by atoms with E-state index in [1.807, 2.05) is 19.1 Å². The number of likely N-dealkylation sites (tertiary alicyclic amines) is 1. The van der Waals surface area contributed by atoms with Gasteiger partial charge in [-0.25, -0.2) is 4.39 Å². The van der Waals surface area contributed by atoms with Crippen molar-refractivity contribution >= 4 is 0 Å². The Morgan fingerprint density at radius 3 is 2.57 bits per heavy atom. The van der Waals surface area contributed by atoms with Crippen LogP contribution in [0.15, 0.2) is 42.5 Å². The van der Waals surface area contributed by atoms with Crippen LogP contribution in [0.2, 0.25) is 0 Å². The predicted molar refractivity (Wildman–Crippen MR) is 120 cm³/mol. The summed E-state index contributed by atoms with van der Waals surface area (Å²) in [6.45, 7) is 7.90. The second-order valence-corrected chi connectivity index (χ2v) is 8.28. The van der Waals surface area contributed by atoms with Crippen LogP contribution in [0.3, 0.4) is 0 Å². The fourth-order valence-corrected chi connectivity index (χ4v) is 4.28. The van der Waals surface area contributed by atoms with Crippen molar-refractivity contribution in [3.63, 3.8) is 0 Å². The number of nitrogens with zero attached hydrogens (tertiary/aromatic N) is 2. The minimum atomic E-state index is -0.139. The molecule has 0 aliphatic carbocycles. The van der Waals surface area contributed by atoms with Gasteiger partial charge in [0.2, 0.25) is 0 Å². The van der Waals surface area contributed by atoms with Crippen LogP contribution >= 0.6 is 0 Å². The molecule has 0 saturated carbocycles. The summed E-state index contributed by atoms with van der Waals surface area (Å²) in [4.78, 5) is 4.92. The maximum absolute atomic E-state index is 13.3. The molecule has 1 fully saturated rings. The van der Waals surface area contributed by atoms with Crippen molar-refractivity contribution in [3.05, 3.63) is 59.4 Å². The highest BCUT2D eigenvalue weighted by Gasteiger charge is 2.20. The molecule has 0 bridgehead atoms. The minimum Gasteiger partial charge on any atom is -0.493 e. The Labute approximate surface area is 180 Å². The van der Waals surface area contributed by atoms with Crippen molar-refractivity contribution in [1.82, 2.24) is 9.80 Å². The maximum Gasteiger partial charge on any atom is 0.161 e. The second kappa shape index (κ2) is 11.3.